The molecule has 0 spiro atoms. The molecule has 2 N–H and O–H groups in total. The number of hydrogen-bond donors (Lipinski definition) is 2. The summed E-state index contributed by atoms with van der Waals surface area (Å²) in [4.78, 5) is 27.1. The number of halogens is 1. The molecule has 2 atom stereocenters. The maximum atomic E-state index is 12.9. The maximum absolute atomic E-state index is 12.9. The summed E-state index contributed by atoms with van der Waals surface area (Å²) < 4.78 is 0. The summed E-state index contributed by atoms with van der Waals surface area (Å²) in [7, 11) is 2.07. The van der Waals surface area contributed by atoms with Gasteiger partial charge in [-0.05, 0) is 75.0 Å². The fourth-order valence-corrected chi connectivity index (χ4v) is 4.28. The highest BCUT2D eigenvalue weighted by Crippen LogP contribution is 2.33. The summed E-state index contributed by atoms with van der Waals surface area (Å²) in [5.74, 6) is 0.263. The zero-order valence-corrected chi connectivity index (χ0v) is 18.9. The molecule has 0 bridgehead atoms. The lowest BCUT2D eigenvalue weighted by Crippen LogP contribution is -2.45. The number of rotatable bonds is 9. The van der Waals surface area contributed by atoms with Crippen molar-refractivity contribution in [2.45, 2.75) is 31.6 Å². The van der Waals surface area contributed by atoms with Crippen LogP contribution in [0, 0.1) is 5.92 Å². The number of unbranched alkanes of at least 4 members (excludes halogenated alkanes) is 2. The molecule has 3 rings (SSSR count). The molecule has 6 heteroatoms. The normalized spacial score (nSPS) is 19.0. The number of hydrogen-bond acceptors (Lipinski definition) is 3. The molecule has 0 radical (unpaired) electrons. The van der Waals surface area contributed by atoms with Gasteiger partial charge in [0.1, 0.15) is 0 Å². The third kappa shape index (κ3) is 7.08. The monoisotopic (exact) mass is 441 g/mol. The number of nitrogens with one attached hydrogen (secondary N) is 2. The summed E-state index contributed by atoms with van der Waals surface area (Å²) in [5.41, 5.74) is 1.87. The van der Waals surface area contributed by atoms with Gasteiger partial charge in [-0.3, -0.25) is 9.59 Å². The second-order valence-corrected chi connectivity index (χ2v) is 8.73. The van der Waals surface area contributed by atoms with E-state index in [4.69, 9.17) is 11.6 Å². The van der Waals surface area contributed by atoms with Crippen LogP contribution in [0.5, 0.6) is 0 Å². The molecule has 2 aromatic carbocycles. The van der Waals surface area contributed by atoms with E-state index < -0.39 is 0 Å². The molecule has 1 aliphatic heterocycles. The molecule has 1 aliphatic rings. The number of amides is 2. The van der Waals surface area contributed by atoms with E-state index in [1.165, 1.54) is 5.56 Å². The Balaban J connectivity index is 1.37. The minimum absolute atomic E-state index is 0.0384. The van der Waals surface area contributed by atoms with Gasteiger partial charge >= 0.3 is 0 Å². The molecular formula is C25H32ClN3O2. The zero-order chi connectivity index (χ0) is 22.1. The Bertz CT molecular complexity index is 842. The summed E-state index contributed by atoms with van der Waals surface area (Å²) in [6, 6.07) is 17.1. The second kappa shape index (κ2) is 11.9. The van der Waals surface area contributed by atoms with E-state index in [-0.39, 0.29) is 23.7 Å². The highest BCUT2D eigenvalue weighted by Gasteiger charge is 2.33. The van der Waals surface area contributed by atoms with Crippen molar-refractivity contribution in [3.63, 3.8) is 0 Å². The van der Waals surface area contributed by atoms with Gasteiger partial charge in [0.25, 0.3) is 5.91 Å². The van der Waals surface area contributed by atoms with E-state index in [1.54, 1.807) is 0 Å². The minimum Gasteiger partial charge on any atom is -0.356 e. The van der Waals surface area contributed by atoms with Crippen LogP contribution in [0.3, 0.4) is 0 Å². The molecule has 31 heavy (non-hydrogen) atoms. The average Bonchev–Trinajstić information content (AvgIpc) is 2.79. The van der Waals surface area contributed by atoms with Crippen molar-refractivity contribution in [2.75, 3.05) is 33.2 Å². The van der Waals surface area contributed by atoms with Gasteiger partial charge in [-0.25, -0.2) is 0 Å². The number of likely N-dealkylation sites (tertiary alicyclic amines) is 1. The van der Waals surface area contributed by atoms with Gasteiger partial charge in [0, 0.05) is 30.2 Å². The van der Waals surface area contributed by atoms with Gasteiger partial charge in [-0.15, -0.1) is 0 Å². The van der Waals surface area contributed by atoms with Crippen LogP contribution < -0.4 is 10.6 Å². The molecule has 1 heterocycles. The van der Waals surface area contributed by atoms with E-state index >= 15 is 0 Å². The van der Waals surface area contributed by atoms with Gasteiger partial charge in [0.05, 0.1) is 5.92 Å². The van der Waals surface area contributed by atoms with Crippen LogP contribution in [0.15, 0.2) is 54.6 Å². The van der Waals surface area contributed by atoms with Crippen LogP contribution in [0.4, 0.5) is 0 Å². The molecule has 1 saturated heterocycles. The Morgan fingerprint density at radius 1 is 0.968 bits per heavy atom. The lowest BCUT2D eigenvalue weighted by atomic mass is 9.80. The van der Waals surface area contributed by atoms with E-state index in [0.29, 0.717) is 18.7 Å². The van der Waals surface area contributed by atoms with Crippen LogP contribution in [-0.2, 0) is 4.79 Å². The molecule has 2 aromatic rings. The molecule has 0 saturated carbocycles. The van der Waals surface area contributed by atoms with Crippen molar-refractivity contribution in [3.05, 3.63) is 70.7 Å². The summed E-state index contributed by atoms with van der Waals surface area (Å²) >= 11 is 6.03. The first-order valence-corrected chi connectivity index (χ1v) is 11.5. The van der Waals surface area contributed by atoms with Crippen molar-refractivity contribution in [3.8, 4) is 0 Å². The zero-order valence-electron chi connectivity index (χ0n) is 18.1. The first-order chi connectivity index (χ1) is 15.0. The van der Waals surface area contributed by atoms with Gasteiger partial charge < -0.3 is 15.5 Å². The number of benzene rings is 2. The van der Waals surface area contributed by atoms with E-state index in [0.717, 1.165) is 43.8 Å². The summed E-state index contributed by atoms with van der Waals surface area (Å²) in [6.45, 7) is 3.07. The average molecular weight is 442 g/mol. The third-order valence-corrected chi connectivity index (χ3v) is 6.18. The Labute approximate surface area is 190 Å². The Kier molecular flexibility index (Phi) is 8.92. The lowest BCUT2D eigenvalue weighted by Gasteiger charge is -2.36. The van der Waals surface area contributed by atoms with Crippen LogP contribution in [0.2, 0.25) is 5.02 Å². The van der Waals surface area contributed by atoms with Crippen LogP contribution in [-0.4, -0.2) is 49.9 Å². The number of carbonyl (C=O) groups excluding carboxylic acids is 2. The number of piperidine rings is 1. The predicted molar refractivity (Wildman–Crippen MR) is 125 cm³/mol. The first-order valence-electron chi connectivity index (χ1n) is 11.1. The van der Waals surface area contributed by atoms with Crippen molar-refractivity contribution < 1.29 is 9.59 Å². The fourth-order valence-electron chi connectivity index (χ4n) is 4.15. The lowest BCUT2D eigenvalue weighted by molar-refractivity contribution is -0.127. The quantitative estimate of drug-likeness (QED) is 0.576. The molecule has 5 nitrogen and oxygen atoms in total. The molecule has 166 valence electrons. The highest BCUT2D eigenvalue weighted by atomic mass is 35.5. The van der Waals surface area contributed by atoms with E-state index in [9.17, 15) is 9.59 Å². The van der Waals surface area contributed by atoms with Gasteiger partial charge in [0.2, 0.25) is 5.91 Å². The van der Waals surface area contributed by atoms with Crippen molar-refractivity contribution in [1.82, 2.24) is 15.5 Å². The molecule has 0 aromatic heterocycles. The van der Waals surface area contributed by atoms with Crippen molar-refractivity contribution in [1.29, 1.82) is 0 Å². The van der Waals surface area contributed by atoms with Crippen LogP contribution in [0.25, 0.3) is 0 Å². The minimum atomic E-state index is -0.0508. The third-order valence-electron chi connectivity index (χ3n) is 5.93. The number of carbonyl (C=O) groups is 2. The van der Waals surface area contributed by atoms with Crippen LogP contribution >= 0.6 is 11.6 Å². The smallest absolute Gasteiger partial charge is 0.251 e. The van der Waals surface area contributed by atoms with Crippen molar-refractivity contribution >= 4 is 23.4 Å². The largest absolute Gasteiger partial charge is 0.356 e. The SMILES string of the molecule is CN1CC[C@H](c2ccc(Cl)cc2)C(C(=O)NCCCCCNC(=O)c2ccccc2)C1. The number of nitrogens with zero attached hydrogens (tertiary/aromatic N) is 1. The molecule has 1 unspecified atom stereocenters. The van der Waals surface area contributed by atoms with Gasteiger partial charge in [0.15, 0.2) is 0 Å². The van der Waals surface area contributed by atoms with E-state index in [1.807, 2.05) is 54.6 Å². The Morgan fingerprint density at radius 2 is 1.65 bits per heavy atom. The topological polar surface area (TPSA) is 61.4 Å². The molecule has 2 amide bonds. The van der Waals surface area contributed by atoms with Crippen LogP contribution in [0.1, 0.15) is 47.5 Å². The van der Waals surface area contributed by atoms with Gasteiger partial charge in [-0.2, -0.15) is 0 Å². The molecular weight excluding hydrogens is 410 g/mol. The predicted octanol–water partition coefficient (Wildman–Crippen LogP) is 4.09. The van der Waals surface area contributed by atoms with Crippen molar-refractivity contribution in [2.24, 2.45) is 5.92 Å². The second-order valence-electron chi connectivity index (χ2n) is 8.29. The van der Waals surface area contributed by atoms with Gasteiger partial charge in [-0.1, -0.05) is 41.9 Å². The Morgan fingerprint density at radius 3 is 2.35 bits per heavy atom. The maximum Gasteiger partial charge on any atom is 0.251 e. The van der Waals surface area contributed by atoms with E-state index in [2.05, 4.69) is 22.6 Å². The summed E-state index contributed by atoms with van der Waals surface area (Å²) in [6.07, 6.45) is 3.73. The standard InChI is InChI=1S/C25H32ClN3O2/c1-29-17-14-22(19-10-12-21(26)13-11-19)23(18-29)25(31)28-16-7-3-6-15-27-24(30)20-8-4-2-5-9-20/h2,4-5,8-13,22-23H,3,6-7,14-18H2,1H3,(H,27,30)(H,28,31)/t22-,23?/m1/s1. The molecule has 0 aliphatic carbocycles. The Hall–Kier alpha value is -2.37. The fraction of sp³-hybridized carbons (Fsp3) is 0.440. The summed E-state index contributed by atoms with van der Waals surface area (Å²) in [5, 5.41) is 6.79. The highest BCUT2D eigenvalue weighted by molar-refractivity contribution is 6.30. The first kappa shape index (κ1) is 23.3. The molecule has 1 fully saturated rings.